The van der Waals surface area contributed by atoms with Crippen molar-refractivity contribution < 1.29 is 0 Å². The molecule has 1 aromatic carbocycles. The molecule has 0 fully saturated rings. The molecule has 0 aliphatic carbocycles. The van der Waals surface area contributed by atoms with Crippen molar-refractivity contribution >= 4 is 23.7 Å². The lowest BCUT2D eigenvalue weighted by Gasteiger charge is -2.07. The zero-order valence-corrected chi connectivity index (χ0v) is 10.5. The van der Waals surface area contributed by atoms with Crippen molar-refractivity contribution in [3.05, 3.63) is 35.4 Å². The lowest BCUT2D eigenvalue weighted by Crippen LogP contribution is -2.12. The maximum Gasteiger partial charge on any atom is 0.0536 e. The van der Waals surface area contributed by atoms with Crippen LogP contribution in [0.2, 0.25) is 0 Å². The van der Waals surface area contributed by atoms with Crippen LogP contribution in [0.15, 0.2) is 39.1 Å². The van der Waals surface area contributed by atoms with Crippen molar-refractivity contribution in [3.8, 4) is 0 Å². The minimum absolute atomic E-state index is 0.623. The highest BCUT2D eigenvalue weighted by Crippen LogP contribution is 2.30. The van der Waals surface area contributed by atoms with E-state index in [1.165, 1.54) is 28.0 Å². The third-order valence-electron chi connectivity index (χ3n) is 2.67. The van der Waals surface area contributed by atoms with Gasteiger partial charge in [0.05, 0.1) is 5.71 Å². The Hall–Kier alpha value is -1.10. The first-order valence-corrected chi connectivity index (χ1v) is 6.56. The Labute approximate surface area is 106 Å². The van der Waals surface area contributed by atoms with Crippen molar-refractivity contribution in [1.82, 2.24) is 0 Å². The van der Waals surface area contributed by atoms with Gasteiger partial charge < -0.3 is 11.5 Å². The largest absolute Gasteiger partial charge is 0.330 e. The van der Waals surface area contributed by atoms with Gasteiger partial charge in [-0.15, -0.1) is 0 Å². The molecule has 0 saturated carbocycles. The average Bonchev–Trinajstić information content (AvgIpc) is 2.51. The quantitative estimate of drug-likeness (QED) is 0.802. The molecule has 0 amide bonds. The van der Waals surface area contributed by atoms with Crippen LogP contribution in [0.1, 0.15) is 18.4 Å². The molecule has 4 heteroatoms. The van der Waals surface area contributed by atoms with E-state index in [-0.39, 0.29) is 0 Å². The van der Waals surface area contributed by atoms with Crippen LogP contribution >= 0.6 is 11.9 Å². The van der Waals surface area contributed by atoms with Crippen molar-refractivity contribution in [2.45, 2.75) is 17.7 Å². The average molecular weight is 247 g/mol. The molecule has 3 nitrogen and oxygen atoms in total. The fraction of sp³-hybridized carbons (Fsp3) is 0.308. The summed E-state index contributed by atoms with van der Waals surface area (Å²) in [4.78, 5) is 1.19. The highest BCUT2D eigenvalue weighted by atomic mass is 32.2. The molecule has 1 aliphatic heterocycles. The van der Waals surface area contributed by atoms with E-state index in [0.717, 1.165) is 18.6 Å². The molecule has 2 rings (SSSR count). The smallest absolute Gasteiger partial charge is 0.0536 e. The molecule has 0 unspecified atom stereocenters. The maximum absolute atomic E-state index is 5.65. The molecule has 0 saturated heterocycles. The van der Waals surface area contributed by atoms with Crippen molar-refractivity contribution in [2.24, 2.45) is 15.9 Å². The minimum atomic E-state index is 0.623. The molecule has 0 atom stereocenters. The van der Waals surface area contributed by atoms with Crippen LogP contribution in [0.5, 0.6) is 0 Å². The second-order valence-corrected chi connectivity index (χ2v) is 4.72. The molecule has 90 valence electrons. The number of benzene rings is 1. The Morgan fingerprint density at radius 2 is 1.82 bits per heavy atom. The molecule has 1 heterocycles. The molecule has 0 radical (unpaired) electrons. The summed E-state index contributed by atoms with van der Waals surface area (Å²) >= 11 is 1.53. The van der Waals surface area contributed by atoms with Crippen LogP contribution in [0, 0.1) is 0 Å². The van der Waals surface area contributed by atoms with Crippen LogP contribution in [0.4, 0.5) is 0 Å². The van der Waals surface area contributed by atoms with E-state index in [1.807, 2.05) is 12.1 Å². The van der Waals surface area contributed by atoms with Gasteiger partial charge in [-0.25, -0.2) is 4.40 Å². The molecule has 0 aromatic heterocycles. The first-order valence-electron chi connectivity index (χ1n) is 5.79. The SMILES string of the molecule is NCCC1=Cc2ccccc2SN=C1CCN. The molecular formula is C13H17N3S. The summed E-state index contributed by atoms with van der Waals surface area (Å²) in [5.41, 5.74) is 14.8. The summed E-state index contributed by atoms with van der Waals surface area (Å²) < 4.78 is 4.58. The van der Waals surface area contributed by atoms with E-state index in [0.29, 0.717) is 13.1 Å². The Balaban J connectivity index is 2.37. The topological polar surface area (TPSA) is 64.4 Å². The number of nitrogens with zero attached hydrogens (tertiary/aromatic N) is 1. The van der Waals surface area contributed by atoms with Gasteiger partial charge in [0.2, 0.25) is 0 Å². The molecule has 1 aromatic rings. The summed E-state index contributed by atoms with van der Waals surface area (Å²) in [5.74, 6) is 0. The minimum Gasteiger partial charge on any atom is -0.330 e. The molecule has 4 N–H and O–H groups in total. The summed E-state index contributed by atoms with van der Waals surface area (Å²) in [5, 5.41) is 0. The van der Waals surface area contributed by atoms with Crippen LogP contribution in [-0.4, -0.2) is 18.8 Å². The van der Waals surface area contributed by atoms with Gasteiger partial charge in [-0.1, -0.05) is 18.2 Å². The molecule has 1 aliphatic rings. The maximum atomic E-state index is 5.65. The number of hydrogen-bond acceptors (Lipinski definition) is 4. The second kappa shape index (κ2) is 6.00. The van der Waals surface area contributed by atoms with Crippen LogP contribution in [0.25, 0.3) is 6.08 Å². The lowest BCUT2D eigenvalue weighted by molar-refractivity contribution is 0.968. The summed E-state index contributed by atoms with van der Waals surface area (Å²) in [6, 6.07) is 8.28. The van der Waals surface area contributed by atoms with E-state index < -0.39 is 0 Å². The van der Waals surface area contributed by atoms with Gasteiger partial charge in [0.15, 0.2) is 0 Å². The summed E-state index contributed by atoms with van der Waals surface area (Å²) in [6.07, 6.45) is 3.86. The van der Waals surface area contributed by atoms with Crippen molar-refractivity contribution in [2.75, 3.05) is 13.1 Å². The Morgan fingerprint density at radius 1 is 1.06 bits per heavy atom. The second-order valence-electron chi connectivity index (χ2n) is 3.91. The Bertz CT molecular complexity index is 452. The Kier molecular flexibility index (Phi) is 4.36. The zero-order valence-electron chi connectivity index (χ0n) is 9.73. The van der Waals surface area contributed by atoms with E-state index in [1.54, 1.807) is 0 Å². The fourth-order valence-electron chi connectivity index (χ4n) is 1.83. The summed E-state index contributed by atoms with van der Waals surface area (Å²) in [7, 11) is 0. The van der Waals surface area contributed by atoms with Gasteiger partial charge in [0.25, 0.3) is 0 Å². The molecular weight excluding hydrogens is 230 g/mol. The molecule has 17 heavy (non-hydrogen) atoms. The summed E-state index contributed by atoms with van der Waals surface area (Å²) in [6.45, 7) is 1.26. The monoisotopic (exact) mass is 247 g/mol. The van der Waals surface area contributed by atoms with Crippen LogP contribution in [-0.2, 0) is 0 Å². The lowest BCUT2D eigenvalue weighted by atomic mass is 10.0. The van der Waals surface area contributed by atoms with Gasteiger partial charge in [0.1, 0.15) is 0 Å². The zero-order chi connectivity index (χ0) is 12.1. The number of fused-ring (bicyclic) bond motifs is 1. The Morgan fingerprint density at radius 3 is 2.59 bits per heavy atom. The van der Waals surface area contributed by atoms with Crippen molar-refractivity contribution in [3.63, 3.8) is 0 Å². The molecule has 0 bridgehead atoms. The van der Waals surface area contributed by atoms with E-state index in [2.05, 4.69) is 22.6 Å². The van der Waals surface area contributed by atoms with Gasteiger partial charge in [-0.05, 0) is 42.8 Å². The first-order chi connectivity index (χ1) is 8.35. The normalized spacial score (nSPS) is 14.7. The van der Waals surface area contributed by atoms with Gasteiger partial charge >= 0.3 is 0 Å². The number of nitrogens with two attached hydrogens (primary N) is 2. The van der Waals surface area contributed by atoms with Crippen molar-refractivity contribution in [1.29, 1.82) is 0 Å². The van der Waals surface area contributed by atoms with Gasteiger partial charge in [0, 0.05) is 23.3 Å². The number of hydrogen-bond donors (Lipinski definition) is 2. The highest BCUT2D eigenvalue weighted by molar-refractivity contribution is 7.98. The van der Waals surface area contributed by atoms with Crippen LogP contribution in [0.3, 0.4) is 0 Å². The van der Waals surface area contributed by atoms with Crippen LogP contribution < -0.4 is 11.5 Å². The van der Waals surface area contributed by atoms with E-state index in [4.69, 9.17) is 11.5 Å². The molecule has 0 spiro atoms. The van der Waals surface area contributed by atoms with E-state index >= 15 is 0 Å². The first kappa shape index (κ1) is 12.4. The van der Waals surface area contributed by atoms with Gasteiger partial charge in [-0.3, -0.25) is 0 Å². The third-order valence-corrected chi connectivity index (χ3v) is 3.55. The van der Waals surface area contributed by atoms with Gasteiger partial charge in [-0.2, -0.15) is 0 Å². The van der Waals surface area contributed by atoms with E-state index in [9.17, 15) is 0 Å². The highest BCUT2D eigenvalue weighted by Gasteiger charge is 2.12. The predicted molar refractivity (Wildman–Crippen MR) is 75.1 cm³/mol. The fourth-order valence-corrected chi connectivity index (χ4v) is 2.62. The predicted octanol–water partition coefficient (Wildman–Crippen LogP) is 2.23. The standard InChI is InChI=1S/C13H17N3S/c14-7-5-10-9-11-3-1-2-4-13(11)17-16-12(10)6-8-15/h1-4,9H,5-8,14-15H2. The number of rotatable bonds is 4. The third kappa shape index (κ3) is 2.97.